The molecule has 2 unspecified atom stereocenters. The molecule has 0 radical (unpaired) electrons. The van der Waals surface area contributed by atoms with Crippen molar-refractivity contribution >= 4 is 0 Å². The lowest BCUT2D eigenvalue weighted by atomic mass is 9.82. The standard InChI is InChI=1S/C10H15N/c1-3-10(11-2)7-8-4-5-9(10)6-8/h1,8-9,11H,4-7H2,2H3/t8-,9?,10?/m0/s1. The fourth-order valence-electron chi connectivity index (χ4n) is 2.89. The summed E-state index contributed by atoms with van der Waals surface area (Å²) in [6.45, 7) is 0. The van der Waals surface area contributed by atoms with Gasteiger partial charge in [-0.3, -0.25) is 0 Å². The molecule has 0 aromatic rings. The Labute approximate surface area is 68.6 Å². The lowest BCUT2D eigenvalue weighted by Gasteiger charge is -2.32. The lowest BCUT2D eigenvalue weighted by Crippen LogP contribution is -2.46. The summed E-state index contributed by atoms with van der Waals surface area (Å²) in [5.41, 5.74) is 0.0723. The molecule has 2 bridgehead atoms. The second kappa shape index (κ2) is 2.25. The van der Waals surface area contributed by atoms with Gasteiger partial charge < -0.3 is 5.32 Å². The molecule has 0 aromatic carbocycles. The van der Waals surface area contributed by atoms with Crippen LogP contribution in [0.1, 0.15) is 25.7 Å². The van der Waals surface area contributed by atoms with Crippen molar-refractivity contribution < 1.29 is 0 Å². The molecule has 0 spiro atoms. The fraction of sp³-hybridized carbons (Fsp3) is 0.800. The molecule has 0 aliphatic heterocycles. The molecule has 11 heavy (non-hydrogen) atoms. The lowest BCUT2D eigenvalue weighted by molar-refractivity contribution is 0.296. The Morgan fingerprint density at radius 3 is 2.64 bits per heavy atom. The van der Waals surface area contributed by atoms with Gasteiger partial charge in [0.2, 0.25) is 0 Å². The average Bonchev–Trinajstić information content (AvgIpc) is 2.62. The minimum atomic E-state index is 0.0723. The quantitative estimate of drug-likeness (QED) is 0.556. The summed E-state index contributed by atoms with van der Waals surface area (Å²) in [6, 6.07) is 0. The predicted molar refractivity (Wildman–Crippen MR) is 46.1 cm³/mol. The highest BCUT2D eigenvalue weighted by molar-refractivity contribution is 5.21. The number of fused-ring (bicyclic) bond motifs is 2. The molecule has 60 valence electrons. The van der Waals surface area contributed by atoms with E-state index in [-0.39, 0.29) is 5.54 Å². The zero-order chi connectivity index (χ0) is 7.90. The molecule has 3 atom stereocenters. The van der Waals surface area contributed by atoms with Crippen molar-refractivity contribution in [3.8, 4) is 12.3 Å². The van der Waals surface area contributed by atoms with Crippen LogP contribution in [0.3, 0.4) is 0 Å². The van der Waals surface area contributed by atoms with E-state index in [1.54, 1.807) is 0 Å². The molecule has 1 N–H and O–H groups in total. The van der Waals surface area contributed by atoms with E-state index in [0.717, 1.165) is 11.8 Å². The molecule has 2 fully saturated rings. The van der Waals surface area contributed by atoms with Gasteiger partial charge in [-0.05, 0) is 44.6 Å². The Kier molecular flexibility index (Phi) is 1.47. The van der Waals surface area contributed by atoms with Crippen LogP contribution in [-0.2, 0) is 0 Å². The molecule has 2 aliphatic carbocycles. The van der Waals surface area contributed by atoms with Crippen molar-refractivity contribution in [2.75, 3.05) is 7.05 Å². The molecular weight excluding hydrogens is 134 g/mol. The third-order valence-corrected chi connectivity index (χ3v) is 3.55. The van der Waals surface area contributed by atoms with Crippen LogP contribution < -0.4 is 5.32 Å². The first kappa shape index (κ1) is 7.18. The maximum absolute atomic E-state index is 5.55. The summed E-state index contributed by atoms with van der Waals surface area (Å²) >= 11 is 0. The van der Waals surface area contributed by atoms with Crippen molar-refractivity contribution in [2.24, 2.45) is 11.8 Å². The summed E-state index contributed by atoms with van der Waals surface area (Å²) in [6.07, 6.45) is 10.9. The van der Waals surface area contributed by atoms with E-state index in [1.807, 2.05) is 7.05 Å². The smallest absolute Gasteiger partial charge is 0.0826 e. The van der Waals surface area contributed by atoms with Gasteiger partial charge in [0.05, 0.1) is 5.54 Å². The Morgan fingerprint density at radius 1 is 1.55 bits per heavy atom. The van der Waals surface area contributed by atoms with Gasteiger partial charge in [0.15, 0.2) is 0 Å². The Balaban J connectivity index is 2.22. The topological polar surface area (TPSA) is 12.0 Å². The van der Waals surface area contributed by atoms with E-state index in [0.29, 0.717) is 0 Å². The van der Waals surface area contributed by atoms with Crippen LogP contribution in [0.2, 0.25) is 0 Å². The van der Waals surface area contributed by atoms with E-state index in [1.165, 1.54) is 25.7 Å². The fourth-order valence-corrected chi connectivity index (χ4v) is 2.89. The Bertz CT molecular complexity index is 203. The Hall–Kier alpha value is -0.480. The Morgan fingerprint density at radius 2 is 2.36 bits per heavy atom. The molecule has 0 heterocycles. The predicted octanol–water partition coefficient (Wildman–Crippen LogP) is 1.40. The summed E-state index contributed by atoms with van der Waals surface area (Å²) < 4.78 is 0. The van der Waals surface area contributed by atoms with E-state index >= 15 is 0 Å². The van der Waals surface area contributed by atoms with Crippen molar-refractivity contribution in [2.45, 2.75) is 31.2 Å². The monoisotopic (exact) mass is 149 g/mol. The van der Waals surface area contributed by atoms with Crippen molar-refractivity contribution in [3.63, 3.8) is 0 Å². The van der Waals surface area contributed by atoms with E-state index < -0.39 is 0 Å². The van der Waals surface area contributed by atoms with Crippen LogP contribution in [0.4, 0.5) is 0 Å². The van der Waals surface area contributed by atoms with Gasteiger partial charge in [-0.1, -0.05) is 5.92 Å². The number of terminal acetylenes is 1. The molecule has 0 aromatic heterocycles. The first-order chi connectivity index (χ1) is 5.30. The summed E-state index contributed by atoms with van der Waals surface area (Å²) in [7, 11) is 2.00. The minimum Gasteiger partial charge on any atom is -0.304 e. The number of rotatable bonds is 1. The highest BCUT2D eigenvalue weighted by atomic mass is 15.0. The average molecular weight is 149 g/mol. The maximum Gasteiger partial charge on any atom is 0.0826 e. The third-order valence-electron chi connectivity index (χ3n) is 3.55. The highest BCUT2D eigenvalue weighted by Crippen LogP contribution is 2.50. The number of hydrogen-bond acceptors (Lipinski definition) is 1. The zero-order valence-corrected chi connectivity index (χ0v) is 7.06. The summed E-state index contributed by atoms with van der Waals surface area (Å²) in [5, 5.41) is 3.32. The van der Waals surface area contributed by atoms with E-state index in [2.05, 4.69) is 11.2 Å². The van der Waals surface area contributed by atoms with Gasteiger partial charge in [0, 0.05) is 0 Å². The van der Waals surface area contributed by atoms with Gasteiger partial charge >= 0.3 is 0 Å². The largest absolute Gasteiger partial charge is 0.304 e. The van der Waals surface area contributed by atoms with Gasteiger partial charge in [-0.25, -0.2) is 0 Å². The van der Waals surface area contributed by atoms with Crippen LogP contribution in [0.15, 0.2) is 0 Å². The van der Waals surface area contributed by atoms with Crippen molar-refractivity contribution in [3.05, 3.63) is 0 Å². The first-order valence-electron chi connectivity index (χ1n) is 4.47. The third kappa shape index (κ3) is 0.827. The van der Waals surface area contributed by atoms with Crippen LogP contribution in [0, 0.1) is 24.2 Å². The van der Waals surface area contributed by atoms with Gasteiger partial charge in [0.25, 0.3) is 0 Å². The van der Waals surface area contributed by atoms with Crippen molar-refractivity contribution in [1.82, 2.24) is 5.32 Å². The minimum absolute atomic E-state index is 0.0723. The highest BCUT2D eigenvalue weighted by Gasteiger charge is 2.48. The van der Waals surface area contributed by atoms with Crippen molar-refractivity contribution in [1.29, 1.82) is 0 Å². The summed E-state index contributed by atoms with van der Waals surface area (Å²) in [5.74, 6) is 4.63. The molecule has 2 saturated carbocycles. The summed E-state index contributed by atoms with van der Waals surface area (Å²) in [4.78, 5) is 0. The normalized spacial score (nSPS) is 47.6. The molecule has 2 aliphatic rings. The molecule has 2 rings (SSSR count). The van der Waals surface area contributed by atoms with Crippen LogP contribution in [0.25, 0.3) is 0 Å². The van der Waals surface area contributed by atoms with Crippen LogP contribution >= 0.6 is 0 Å². The van der Waals surface area contributed by atoms with E-state index in [4.69, 9.17) is 6.42 Å². The zero-order valence-electron chi connectivity index (χ0n) is 7.06. The maximum atomic E-state index is 5.55. The first-order valence-corrected chi connectivity index (χ1v) is 4.47. The number of hydrogen-bond donors (Lipinski definition) is 1. The number of nitrogens with one attached hydrogen (secondary N) is 1. The second-order valence-electron chi connectivity index (χ2n) is 3.95. The molecule has 0 saturated heterocycles. The SMILES string of the molecule is C#CC1(NC)C[C@H]2CCC1C2. The molecule has 0 amide bonds. The second-order valence-corrected chi connectivity index (χ2v) is 3.95. The molecule has 1 nitrogen and oxygen atoms in total. The van der Waals surface area contributed by atoms with Crippen LogP contribution in [0.5, 0.6) is 0 Å². The molecule has 1 heteroatoms. The molecular formula is C10H15N. The van der Waals surface area contributed by atoms with Crippen LogP contribution in [-0.4, -0.2) is 12.6 Å². The van der Waals surface area contributed by atoms with Gasteiger partial charge in [-0.2, -0.15) is 0 Å². The van der Waals surface area contributed by atoms with Gasteiger partial charge in [-0.15, -0.1) is 6.42 Å². The van der Waals surface area contributed by atoms with E-state index in [9.17, 15) is 0 Å². The van der Waals surface area contributed by atoms with Gasteiger partial charge in [0.1, 0.15) is 0 Å².